The van der Waals surface area contributed by atoms with Gasteiger partial charge in [0, 0.05) is 6.20 Å². The van der Waals surface area contributed by atoms with E-state index in [1.807, 2.05) is 18.6 Å². The number of hydrogen-bond donors (Lipinski definition) is 1. The average molecular weight is 259 g/mol. The average Bonchev–Trinajstić information content (AvgIpc) is 2.66. The number of nitrogens with zero attached hydrogens (tertiary/aromatic N) is 2. The van der Waals surface area contributed by atoms with Crippen molar-refractivity contribution in [1.29, 1.82) is 0 Å². The third-order valence-corrected chi connectivity index (χ3v) is 2.99. The molecule has 0 atom stereocenters. The molecule has 0 radical (unpaired) electrons. The minimum Gasteiger partial charge on any atom is -0.269 e. The Kier molecular flexibility index (Phi) is 4.28. The van der Waals surface area contributed by atoms with Crippen LogP contribution in [0.1, 0.15) is 43.2 Å². The molecule has 96 valence electrons. The Bertz CT molecular complexity index is 489. The highest BCUT2D eigenvalue weighted by atomic mass is 32.2. The van der Waals surface area contributed by atoms with Crippen molar-refractivity contribution in [2.75, 3.05) is 6.26 Å². The van der Waals surface area contributed by atoms with Gasteiger partial charge < -0.3 is 0 Å². The Hall–Kier alpha value is -1.37. The van der Waals surface area contributed by atoms with Gasteiger partial charge in [-0.2, -0.15) is 5.10 Å². The molecule has 0 saturated heterocycles. The molecule has 1 aromatic heterocycles. The Morgan fingerprint density at radius 1 is 1.47 bits per heavy atom. The summed E-state index contributed by atoms with van der Waals surface area (Å²) >= 11 is 0. The SMILES string of the molecule is CCC(CC)n1ccc(C(=O)NS(C)(=O)=O)n1. The van der Waals surface area contributed by atoms with E-state index in [1.165, 1.54) is 6.07 Å². The maximum atomic E-state index is 11.5. The maximum absolute atomic E-state index is 11.5. The summed E-state index contributed by atoms with van der Waals surface area (Å²) in [6.45, 7) is 4.07. The molecule has 17 heavy (non-hydrogen) atoms. The summed E-state index contributed by atoms with van der Waals surface area (Å²) in [4.78, 5) is 11.5. The van der Waals surface area contributed by atoms with Crippen molar-refractivity contribution in [2.45, 2.75) is 32.7 Å². The fourth-order valence-corrected chi connectivity index (χ4v) is 1.99. The highest BCUT2D eigenvalue weighted by molar-refractivity contribution is 7.89. The number of sulfonamides is 1. The summed E-state index contributed by atoms with van der Waals surface area (Å²) in [6, 6.07) is 1.74. The van der Waals surface area contributed by atoms with E-state index in [-0.39, 0.29) is 11.7 Å². The zero-order valence-electron chi connectivity index (χ0n) is 10.2. The lowest BCUT2D eigenvalue weighted by Gasteiger charge is -2.12. The van der Waals surface area contributed by atoms with Gasteiger partial charge in [0.1, 0.15) is 0 Å². The second-order valence-electron chi connectivity index (χ2n) is 3.85. The largest absolute Gasteiger partial charge is 0.285 e. The predicted molar refractivity (Wildman–Crippen MR) is 64.2 cm³/mol. The van der Waals surface area contributed by atoms with Gasteiger partial charge in [0.25, 0.3) is 5.91 Å². The maximum Gasteiger partial charge on any atom is 0.285 e. The zero-order chi connectivity index (χ0) is 13.1. The topological polar surface area (TPSA) is 81.1 Å². The molecule has 0 spiro atoms. The fourth-order valence-electron chi connectivity index (χ4n) is 1.55. The predicted octanol–water partition coefficient (Wildman–Crippen LogP) is 0.934. The first-order chi connectivity index (χ1) is 7.87. The monoisotopic (exact) mass is 259 g/mol. The molecule has 0 fully saturated rings. The van der Waals surface area contributed by atoms with E-state index >= 15 is 0 Å². The van der Waals surface area contributed by atoms with Crippen molar-refractivity contribution in [3.05, 3.63) is 18.0 Å². The Balaban J connectivity index is 2.84. The van der Waals surface area contributed by atoms with Crippen LogP contribution in [-0.4, -0.2) is 30.4 Å². The quantitative estimate of drug-likeness (QED) is 0.853. The number of hydrogen-bond acceptors (Lipinski definition) is 4. The molecule has 1 aromatic rings. The van der Waals surface area contributed by atoms with E-state index in [0.29, 0.717) is 0 Å². The highest BCUT2D eigenvalue weighted by Crippen LogP contribution is 2.14. The van der Waals surface area contributed by atoms with Gasteiger partial charge in [0.2, 0.25) is 10.0 Å². The molecule has 1 heterocycles. The van der Waals surface area contributed by atoms with Crippen LogP contribution in [-0.2, 0) is 10.0 Å². The molecule has 0 unspecified atom stereocenters. The lowest BCUT2D eigenvalue weighted by molar-refractivity contribution is 0.0975. The molecule has 0 aliphatic rings. The van der Waals surface area contributed by atoms with Crippen molar-refractivity contribution in [1.82, 2.24) is 14.5 Å². The van der Waals surface area contributed by atoms with E-state index in [2.05, 4.69) is 5.10 Å². The van der Waals surface area contributed by atoms with Crippen LogP contribution in [0.3, 0.4) is 0 Å². The second-order valence-corrected chi connectivity index (χ2v) is 5.60. The molecule has 0 saturated carbocycles. The van der Waals surface area contributed by atoms with Gasteiger partial charge in [-0.1, -0.05) is 13.8 Å². The van der Waals surface area contributed by atoms with Gasteiger partial charge in [-0.25, -0.2) is 13.1 Å². The molecule has 7 heteroatoms. The fraction of sp³-hybridized carbons (Fsp3) is 0.600. The van der Waals surface area contributed by atoms with Crippen molar-refractivity contribution in [2.24, 2.45) is 0 Å². The van der Waals surface area contributed by atoms with E-state index in [0.717, 1.165) is 19.1 Å². The van der Waals surface area contributed by atoms with Gasteiger partial charge in [0.15, 0.2) is 5.69 Å². The summed E-state index contributed by atoms with van der Waals surface area (Å²) in [5.41, 5.74) is 0.113. The molecule has 1 rings (SSSR count). The van der Waals surface area contributed by atoms with Crippen LogP contribution >= 0.6 is 0 Å². The zero-order valence-corrected chi connectivity index (χ0v) is 11.0. The number of nitrogens with one attached hydrogen (secondary N) is 1. The molecule has 0 aliphatic heterocycles. The van der Waals surface area contributed by atoms with Gasteiger partial charge >= 0.3 is 0 Å². The Labute approximate surface area is 101 Å². The number of carbonyl (C=O) groups is 1. The third-order valence-electron chi connectivity index (χ3n) is 2.44. The van der Waals surface area contributed by atoms with Gasteiger partial charge in [-0.3, -0.25) is 9.48 Å². The Morgan fingerprint density at radius 2 is 2.06 bits per heavy atom. The summed E-state index contributed by atoms with van der Waals surface area (Å²) < 4.78 is 25.4. The standard InChI is InChI=1S/C10H17N3O3S/c1-4-8(5-2)13-7-6-9(11-13)10(14)12-17(3,15)16/h6-8H,4-5H2,1-3H3,(H,12,14). The van der Waals surface area contributed by atoms with Crippen molar-refractivity contribution in [3.63, 3.8) is 0 Å². The summed E-state index contributed by atoms with van der Waals surface area (Å²) in [7, 11) is -3.54. The molecule has 6 nitrogen and oxygen atoms in total. The van der Waals surface area contributed by atoms with Crippen LogP contribution in [0.25, 0.3) is 0 Å². The number of rotatable bonds is 5. The summed E-state index contributed by atoms with van der Waals surface area (Å²) in [5.74, 6) is -0.697. The minimum absolute atomic E-state index is 0.113. The van der Waals surface area contributed by atoms with Crippen LogP contribution in [0, 0.1) is 0 Å². The van der Waals surface area contributed by atoms with Crippen LogP contribution < -0.4 is 4.72 Å². The highest BCUT2D eigenvalue weighted by Gasteiger charge is 2.15. The van der Waals surface area contributed by atoms with Gasteiger partial charge in [-0.15, -0.1) is 0 Å². The van der Waals surface area contributed by atoms with E-state index < -0.39 is 15.9 Å². The van der Waals surface area contributed by atoms with E-state index in [1.54, 1.807) is 10.9 Å². The molecular formula is C10H17N3O3S. The van der Waals surface area contributed by atoms with Crippen LogP contribution in [0.2, 0.25) is 0 Å². The molecular weight excluding hydrogens is 242 g/mol. The Morgan fingerprint density at radius 3 is 2.53 bits per heavy atom. The molecule has 0 bridgehead atoms. The summed E-state index contributed by atoms with van der Waals surface area (Å²) in [6.07, 6.45) is 4.44. The van der Waals surface area contributed by atoms with E-state index in [4.69, 9.17) is 0 Å². The van der Waals surface area contributed by atoms with Crippen LogP contribution in [0.5, 0.6) is 0 Å². The molecule has 1 amide bonds. The van der Waals surface area contributed by atoms with Gasteiger partial charge in [0.05, 0.1) is 12.3 Å². The third kappa shape index (κ3) is 3.85. The number of aromatic nitrogens is 2. The smallest absolute Gasteiger partial charge is 0.269 e. The molecule has 0 aromatic carbocycles. The second kappa shape index (κ2) is 5.31. The number of carbonyl (C=O) groups excluding carboxylic acids is 1. The number of amides is 1. The first-order valence-corrected chi connectivity index (χ1v) is 7.33. The minimum atomic E-state index is -3.54. The molecule has 1 N–H and O–H groups in total. The van der Waals surface area contributed by atoms with Crippen LogP contribution in [0.15, 0.2) is 12.3 Å². The lowest BCUT2D eigenvalue weighted by Crippen LogP contribution is -2.29. The normalized spacial score (nSPS) is 11.8. The van der Waals surface area contributed by atoms with Crippen molar-refractivity contribution < 1.29 is 13.2 Å². The lowest BCUT2D eigenvalue weighted by atomic mass is 10.2. The first-order valence-electron chi connectivity index (χ1n) is 5.44. The van der Waals surface area contributed by atoms with Crippen molar-refractivity contribution >= 4 is 15.9 Å². The van der Waals surface area contributed by atoms with E-state index in [9.17, 15) is 13.2 Å². The summed E-state index contributed by atoms with van der Waals surface area (Å²) in [5, 5.41) is 4.08. The first kappa shape index (κ1) is 13.7. The van der Waals surface area contributed by atoms with Crippen molar-refractivity contribution in [3.8, 4) is 0 Å². The van der Waals surface area contributed by atoms with Gasteiger partial charge in [-0.05, 0) is 18.9 Å². The van der Waals surface area contributed by atoms with Crippen LogP contribution in [0.4, 0.5) is 0 Å². The molecule has 0 aliphatic carbocycles.